The van der Waals surface area contributed by atoms with Gasteiger partial charge >= 0.3 is 0 Å². The first kappa shape index (κ1) is 66.7. The summed E-state index contributed by atoms with van der Waals surface area (Å²) >= 11 is 9.31. The molecule has 0 aliphatic heterocycles. The van der Waals surface area contributed by atoms with Crippen LogP contribution in [-0.2, 0) is 117 Å². The SMILES string of the molecule is C=NOCCOC1(OCC)CCCCCc2c1nnn2CCOCCOCCOCCOCc1ccc(Br)cc1.C=NOCCOC1(OCC)CCCCCc2c1nnn2CCOCCOCCOCCOCc1ccc(Cl)cc1. The van der Waals surface area contributed by atoms with Gasteiger partial charge in [-0.2, -0.15) is 0 Å². The summed E-state index contributed by atoms with van der Waals surface area (Å²) in [6, 6.07) is 15.7. The monoisotopic (exact) mass is 1210 g/mol. The molecule has 0 bridgehead atoms. The van der Waals surface area contributed by atoms with E-state index in [4.69, 9.17) is 78.1 Å². The largest absolute Gasteiger partial charge is 0.394 e. The summed E-state index contributed by atoms with van der Waals surface area (Å²) in [7, 11) is 0. The number of nitrogens with zero attached hydrogens (tertiary/aromatic N) is 8. The standard InChI is InChI=1S/C28H43BrN4O7.C28H43ClN4O7/c2*1-3-38-28(39-21-22-40-30-2)12-6-4-5-7-26-27(28)31-32-33(26)13-14-34-15-16-35-17-18-36-19-20-37-23-24-8-10-25(29)11-9-24/h2*8-11H,2-7,12-23H2,1H3. The Morgan fingerprint density at radius 3 is 1.24 bits per heavy atom. The topological polar surface area (TPSA) is 215 Å². The average Bonchev–Trinajstić information content (AvgIpc) is 4.07. The number of aromatic nitrogens is 6. The van der Waals surface area contributed by atoms with Crippen molar-refractivity contribution in [1.29, 1.82) is 0 Å². The molecule has 0 spiro atoms. The maximum Gasteiger partial charge on any atom is 0.216 e. The predicted octanol–water partition coefficient (Wildman–Crippen LogP) is 8.41. The molecule has 2 heterocycles. The number of hydrogen-bond acceptors (Lipinski definition) is 20. The van der Waals surface area contributed by atoms with Crippen LogP contribution < -0.4 is 0 Å². The molecule has 2 atom stereocenters. The maximum atomic E-state index is 6.21. The minimum absolute atomic E-state index is 0.295. The van der Waals surface area contributed by atoms with Crippen LogP contribution in [0.1, 0.15) is 99.1 Å². The van der Waals surface area contributed by atoms with Crippen LogP contribution in [0, 0.1) is 0 Å². The second-order valence-electron chi connectivity index (χ2n) is 18.4. The summed E-state index contributed by atoms with van der Waals surface area (Å²) in [6.07, 6.45) is 9.43. The highest BCUT2D eigenvalue weighted by Gasteiger charge is 2.42. The zero-order valence-corrected chi connectivity index (χ0v) is 49.5. The Kier molecular flexibility index (Phi) is 34.2. The molecule has 2 aliphatic carbocycles. The number of benzene rings is 2. The Balaban J connectivity index is 0.000000294. The number of fused-ring (bicyclic) bond motifs is 2. The van der Waals surface area contributed by atoms with Gasteiger partial charge in [0.1, 0.15) is 24.6 Å². The molecule has 24 heteroatoms. The van der Waals surface area contributed by atoms with E-state index < -0.39 is 11.6 Å². The van der Waals surface area contributed by atoms with E-state index in [0.717, 1.165) is 94.8 Å². The lowest BCUT2D eigenvalue weighted by atomic mass is 9.95. The Morgan fingerprint density at radius 1 is 0.475 bits per heavy atom. The van der Waals surface area contributed by atoms with Crippen molar-refractivity contribution in [3.8, 4) is 0 Å². The van der Waals surface area contributed by atoms with Gasteiger partial charge < -0.3 is 66.5 Å². The van der Waals surface area contributed by atoms with Crippen molar-refractivity contribution >= 4 is 41.0 Å². The van der Waals surface area contributed by atoms with E-state index in [1.165, 1.54) is 0 Å². The minimum Gasteiger partial charge on any atom is -0.394 e. The summed E-state index contributed by atoms with van der Waals surface area (Å²) in [5, 5.41) is 25.4. The zero-order valence-electron chi connectivity index (χ0n) is 47.1. The lowest BCUT2D eigenvalue weighted by Gasteiger charge is -2.33. The summed E-state index contributed by atoms with van der Waals surface area (Å²) in [4.78, 5) is 9.98. The summed E-state index contributed by atoms with van der Waals surface area (Å²) in [5.41, 5.74) is 5.79. The molecule has 0 fully saturated rings. The van der Waals surface area contributed by atoms with E-state index >= 15 is 0 Å². The van der Waals surface area contributed by atoms with Crippen LogP contribution in [0.3, 0.4) is 0 Å². The smallest absolute Gasteiger partial charge is 0.216 e. The van der Waals surface area contributed by atoms with E-state index in [1.807, 2.05) is 71.7 Å². The van der Waals surface area contributed by atoms with Crippen molar-refractivity contribution in [3.05, 3.63) is 91.9 Å². The number of ether oxygens (including phenoxy) is 12. The van der Waals surface area contributed by atoms with Crippen molar-refractivity contribution in [1.82, 2.24) is 30.0 Å². The highest BCUT2D eigenvalue weighted by molar-refractivity contribution is 9.10. The van der Waals surface area contributed by atoms with Gasteiger partial charge in [0.05, 0.1) is 143 Å². The normalized spacial score (nSPS) is 17.2. The van der Waals surface area contributed by atoms with Gasteiger partial charge in [-0.1, -0.05) is 75.1 Å². The van der Waals surface area contributed by atoms with Crippen LogP contribution in [0.25, 0.3) is 0 Å². The molecular formula is C56H86BrClN8O14. The first-order valence-corrected chi connectivity index (χ1v) is 29.2. The number of rotatable bonds is 42. The van der Waals surface area contributed by atoms with E-state index in [0.29, 0.717) is 171 Å². The fourth-order valence-electron chi connectivity index (χ4n) is 8.89. The molecule has 2 unspecified atom stereocenters. The predicted molar refractivity (Wildman–Crippen MR) is 304 cm³/mol. The van der Waals surface area contributed by atoms with Gasteiger partial charge in [0.15, 0.2) is 0 Å². The fraction of sp³-hybridized carbons (Fsp3) is 0.679. The number of halogens is 2. The Morgan fingerprint density at radius 2 is 0.850 bits per heavy atom. The third-order valence-corrected chi connectivity index (χ3v) is 13.5. The Labute approximate surface area is 485 Å². The van der Waals surface area contributed by atoms with Gasteiger partial charge in [0.25, 0.3) is 0 Å². The molecule has 0 saturated heterocycles. The van der Waals surface area contributed by atoms with E-state index in [-0.39, 0.29) is 0 Å². The Hall–Kier alpha value is -4.05. The molecule has 0 N–H and O–H groups in total. The summed E-state index contributed by atoms with van der Waals surface area (Å²) in [6.45, 7) is 22.3. The van der Waals surface area contributed by atoms with E-state index in [1.54, 1.807) is 0 Å². The van der Waals surface area contributed by atoms with Gasteiger partial charge in [0, 0.05) is 49.0 Å². The molecule has 4 aromatic rings. The number of hydrogen-bond donors (Lipinski definition) is 0. The second kappa shape index (κ2) is 41.0. The first-order chi connectivity index (χ1) is 39.4. The van der Waals surface area contributed by atoms with Crippen LogP contribution in [-0.4, -0.2) is 176 Å². The van der Waals surface area contributed by atoms with Crippen molar-refractivity contribution in [2.24, 2.45) is 10.3 Å². The molecule has 22 nitrogen and oxygen atoms in total. The van der Waals surface area contributed by atoms with Crippen LogP contribution >= 0.6 is 27.5 Å². The van der Waals surface area contributed by atoms with E-state index in [2.05, 4.69) is 60.3 Å². The van der Waals surface area contributed by atoms with Crippen molar-refractivity contribution in [2.45, 2.75) is 116 Å². The molecule has 2 aromatic heterocycles. The Bertz CT molecular complexity index is 2080. The lowest BCUT2D eigenvalue weighted by Crippen LogP contribution is -2.37. The van der Waals surface area contributed by atoms with Gasteiger partial charge in [-0.15, -0.1) is 20.5 Å². The highest BCUT2D eigenvalue weighted by atomic mass is 79.9. The van der Waals surface area contributed by atoms with Gasteiger partial charge in [0.2, 0.25) is 11.6 Å². The molecule has 0 radical (unpaired) electrons. The third-order valence-electron chi connectivity index (χ3n) is 12.7. The minimum atomic E-state index is -0.938. The molecule has 80 heavy (non-hydrogen) atoms. The van der Waals surface area contributed by atoms with Gasteiger partial charge in [-0.05, 0) is 87.8 Å². The lowest BCUT2D eigenvalue weighted by molar-refractivity contribution is -0.257. The maximum absolute atomic E-state index is 6.21. The molecule has 0 saturated carbocycles. The van der Waals surface area contributed by atoms with E-state index in [9.17, 15) is 0 Å². The van der Waals surface area contributed by atoms with Crippen LogP contribution in [0.2, 0.25) is 5.02 Å². The van der Waals surface area contributed by atoms with Crippen LogP contribution in [0.5, 0.6) is 0 Å². The van der Waals surface area contributed by atoms with Crippen LogP contribution in [0.4, 0.5) is 0 Å². The quantitative estimate of drug-likeness (QED) is 0.0176. The molecule has 2 aliphatic rings. The van der Waals surface area contributed by atoms with Crippen molar-refractivity contribution in [2.75, 3.05) is 132 Å². The number of oxime groups is 2. The average molecular weight is 1210 g/mol. The molecular weight excluding hydrogens is 1120 g/mol. The molecule has 448 valence electrons. The highest BCUT2D eigenvalue weighted by Crippen LogP contribution is 2.38. The van der Waals surface area contributed by atoms with Crippen molar-refractivity contribution in [3.63, 3.8) is 0 Å². The van der Waals surface area contributed by atoms with Gasteiger partial charge in [-0.3, -0.25) is 0 Å². The van der Waals surface area contributed by atoms with Crippen molar-refractivity contribution < 1.29 is 66.5 Å². The molecule has 0 amide bonds. The zero-order chi connectivity index (χ0) is 56.6. The molecule has 2 aromatic carbocycles. The summed E-state index contributed by atoms with van der Waals surface area (Å²) in [5.74, 6) is -1.87. The first-order valence-electron chi connectivity index (χ1n) is 28.0. The molecule has 6 rings (SSSR count). The van der Waals surface area contributed by atoms with Gasteiger partial charge in [-0.25, -0.2) is 9.36 Å². The third kappa shape index (κ3) is 24.8. The fourth-order valence-corrected chi connectivity index (χ4v) is 9.28. The second-order valence-corrected chi connectivity index (χ2v) is 19.7. The summed E-state index contributed by atoms with van der Waals surface area (Å²) < 4.78 is 74.7. The van der Waals surface area contributed by atoms with Crippen LogP contribution in [0.15, 0.2) is 63.3 Å².